The fourth-order valence-corrected chi connectivity index (χ4v) is 2.98. The number of aryl methyl sites for hydroxylation is 2. The number of rotatable bonds is 3. The third-order valence-electron chi connectivity index (χ3n) is 3.09. The van der Waals surface area contributed by atoms with Crippen LogP contribution < -0.4 is 5.32 Å². The third-order valence-corrected chi connectivity index (χ3v) is 4.02. The Balaban J connectivity index is 2.24. The molecule has 0 unspecified atom stereocenters. The summed E-state index contributed by atoms with van der Waals surface area (Å²) in [7, 11) is 0. The van der Waals surface area contributed by atoms with Crippen molar-refractivity contribution in [2.45, 2.75) is 20.4 Å². The molecule has 0 fully saturated rings. The van der Waals surface area contributed by atoms with E-state index in [0.29, 0.717) is 21.7 Å². The molecule has 2 rings (SSSR count). The van der Waals surface area contributed by atoms with Crippen LogP contribution in [0.25, 0.3) is 0 Å². The van der Waals surface area contributed by atoms with Gasteiger partial charge in [0.25, 0.3) is 0 Å². The van der Waals surface area contributed by atoms with Gasteiger partial charge in [-0.2, -0.15) is 0 Å². The highest BCUT2D eigenvalue weighted by Gasteiger charge is 2.09. The summed E-state index contributed by atoms with van der Waals surface area (Å²) >= 11 is 9.37. The van der Waals surface area contributed by atoms with E-state index in [0.717, 1.165) is 0 Å². The van der Waals surface area contributed by atoms with Crippen molar-refractivity contribution in [3.8, 4) is 0 Å². The summed E-state index contributed by atoms with van der Waals surface area (Å²) in [5.74, 6) is -0.352. The summed E-state index contributed by atoms with van der Waals surface area (Å²) in [5, 5.41) is 3.63. The molecule has 100 valence electrons. The molecule has 0 heterocycles. The van der Waals surface area contributed by atoms with Crippen molar-refractivity contribution in [3.05, 3.63) is 62.3 Å². The van der Waals surface area contributed by atoms with Gasteiger partial charge in [0.15, 0.2) is 0 Å². The maximum Gasteiger partial charge on any atom is 0.125 e. The summed E-state index contributed by atoms with van der Waals surface area (Å²) in [4.78, 5) is 0. The van der Waals surface area contributed by atoms with Crippen molar-refractivity contribution in [2.24, 2.45) is 0 Å². The summed E-state index contributed by atoms with van der Waals surface area (Å²) in [5.41, 5.74) is 4.39. The fourth-order valence-electron chi connectivity index (χ4n) is 2.02. The lowest BCUT2D eigenvalue weighted by molar-refractivity contribution is 0.627. The lowest BCUT2D eigenvalue weighted by atomic mass is 10.0. The molecular formula is C15H14BrClFN. The highest BCUT2D eigenvalue weighted by Crippen LogP contribution is 2.32. The quantitative estimate of drug-likeness (QED) is 0.780. The van der Waals surface area contributed by atoms with Gasteiger partial charge < -0.3 is 5.32 Å². The zero-order valence-electron chi connectivity index (χ0n) is 10.7. The van der Waals surface area contributed by atoms with Gasteiger partial charge in [-0.1, -0.05) is 29.8 Å². The average Bonchev–Trinajstić information content (AvgIpc) is 2.31. The van der Waals surface area contributed by atoms with Gasteiger partial charge in [0.1, 0.15) is 5.82 Å². The fraction of sp³-hybridized carbons (Fsp3) is 0.200. The van der Waals surface area contributed by atoms with Crippen LogP contribution in [0.3, 0.4) is 0 Å². The van der Waals surface area contributed by atoms with E-state index in [9.17, 15) is 4.39 Å². The van der Waals surface area contributed by atoms with Crippen molar-refractivity contribution >= 4 is 33.2 Å². The number of nitrogens with one attached hydrogen (secondary N) is 1. The minimum atomic E-state index is -0.352. The molecule has 19 heavy (non-hydrogen) atoms. The second kappa shape index (κ2) is 5.93. The van der Waals surface area contributed by atoms with Gasteiger partial charge >= 0.3 is 0 Å². The van der Waals surface area contributed by atoms with Crippen LogP contribution in [0.15, 0.2) is 34.8 Å². The maximum absolute atomic E-state index is 13.2. The van der Waals surface area contributed by atoms with Crippen molar-refractivity contribution in [1.82, 2.24) is 0 Å². The van der Waals surface area contributed by atoms with Crippen molar-refractivity contribution in [1.29, 1.82) is 0 Å². The summed E-state index contributed by atoms with van der Waals surface area (Å²) in [6.45, 7) is 4.80. The van der Waals surface area contributed by atoms with E-state index in [1.807, 2.05) is 6.07 Å². The molecule has 0 atom stereocenters. The Kier molecular flexibility index (Phi) is 4.48. The number of hydrogen-bond donors (Lipinski definition) is 1. The largest absolute Gasteiger partial charge is 0.379 e. The van der Waals surface area contributed by atoms with Gasteiger partial charge in [-0.15, -0.1) is 0 Å². The standard InChI is InChI=1S/C15H14BrClFN/c1-9-4-3-5-10(2)12(9)8-19-15-13(16)6-11(18)7-14(15)17/h3-7,19H,8H2,1-2H3. The van der Waals surface area contributed by atoms with Crippen LogP contribution in [0.4, 0.5) is 10.1 Å². The van der Waals surface area contributed by atoms with Crippen LogP contribution in [0.5, 0.6) is 0 Å². The molecule has 0 saturated heterocycles. The summed E-state index contributed by atoms with van der Waals surface area (Å²) < 4.78 is 13.8. The molecule has 0 aliphatic heterocycles. The molecule has 1 nitrogen and oxygen atoms in total. The summed E-state index contributed by atoms with van der Waals surface area (Å²) in [6.07, 6.45) is 0. The predicted molar refractivity (Wildman–Crippen MR) is 82.4 cm³/mol. The van der Waals surface area contributed by atoms with Crippen molar-refractivity contribution in [3.63, 3.8) is 0 Å². The Labute approximate surface area is 125 Å². The monoisotopic (exact) mass is 341 g/mol. The Morgan fingerprint density at radius 2 is 1.84 bits per heavy atom. The Morgan fingerprint density at radius 3 is 2.42 bits per heavy atom. The van der Waals surface area contributed by atoms with Crippen LogP contribution in [0.1, 0.15) is 16.7 Å². The molecule has 0 amide bonds. The van der Waals surface area contributed by atoms with E-state index in [-0.39, 0.29) is 5.82 Å². The van der Waals surface area contributed by atoms with Gasteiger partial charge in [0.2, 0.25) is 0 Å². The Morgan fingerprint density at radius 1 is 1.21 bits per heavy atom. The smallest absolute Gasteiger partial charge is 0.125 e. The first-order valence-corrected chi connectivity index (χ1v) is 7.09. The first-order valence-electron chi connectivity index (χ1n) is 5.92. The Bertz CT molecular complexity index is 570. The first-order chi connectivity index (χ1) is 8.99. The van der Waals surface area contributed by atoms with E-state index in [4.69, 9.17) is 11.6 Å². The van der Waals surface area contributed by atoms with Crippen LogP contribution in [-0.2, 0) is 6.54 Å². The van der Waals surface area contributed by atoms with Crippen molar-refractivity contribution in [2.75, 3.05) is 5.32 Å². The zero-order chi connectivity index (χ0) is 14.0. The third kappa shape index (κ3) is 3.28. The summed E-state index contributed by atoms with van der Waals surface area (Å²) in [6, 6.07) is 8.89. The minimum Gasteiger partial charge on any atom is -0.379 e. The minimum absolute atomic E-state index is 0.352. The lowest BCUT2D eigenvalue weighted by Gasteiger charge is -2.14. The molecule has 0 saturated carbocycles. The van der Waals surface area contributed by atoms with E-state index >= 15 is 0 Å². The lowest BCUT2D eigenvalue weighted by Crippen LogP contribution is -2.04. The zero-order valence-corrected chi connectivity index (χ0v) is 13.1. The molecule has 0 bridgehead atoms. The molecule has 1 N–H and O–H groups in total. The number of anilines is 1. The van der Waals surface area contributed by atoms with Crippen LogP contribution in [-0.4, -0.2) is 0 Å². The highest BCUT2D eigenvalue weighted by molar-refractivity contribution is 9.10. The topological polar surface area (TPSA) is 12.0 Å². The van der Waals surface area contributed by atoms with Crippen molar-refractivity contribution < 1.29 is 4.39 Å². The van der Waals surface area contributed by atoms with E-state index in [1.165, 1.54) is 28.8 Å². The molecule has 0 aliphatic carbocycles. The SMILES string of the molecule is Cc1cccc(C)c1CNc1c(Cl)cc(F)cc1Br. The number of halogens is 3. The molecule has 4 heteroatoms. The highest BCUT2D eigenvalue weighted by atomic mass is 79.9. The predicted octanol–water partition coefficient (Wildman–Crippen LogP) is 5.47. The van der Waals surface area contributed by atoms with Gasteiger partial charge in [-0.3, -0.25) is 0 Å². The number of benzene rings is 2. The molecule has 2 aromatic rings. The average molecular weight is 343 g/mol. The molecule has 2 aromatic carbocycles. The van der Waals surface area contributed by atoms with Gasteiger partial charge in [0.05, 0.1) is 10.7 Å². The van der Waals surface area contributed by atoms with Crippen LogP contribution in [0.2, 0.25) is 5.02 Å². The molecule has 0 radical (unpaired) electrons. The van der Waals surface area contributed by atoms with Crippen LogP contribution in [0, 0.1) is 19.7 Å². The first kappa shape index (κ1) is 14.4. The second-order valence-corrected chi connectivity index (χ2v) is 5.73. The number of hydrogen-bond acceptors (Lipinski definition) is 1. The normalized spacial score (nSPS) is 10.6. The molecular weight excluding hydrogens is 329 g/mol. The van der Waals surface area contributed by atoms with E-state index in [1.54, 1.807) is 0 Å². The van der Waals surface area contributed by atoms with E-state index in [2.05, 4.69) is 47.2 Å². The molecule has 0 spiro atoms. The van der Waals surface area contributed by atoms with Crippen LogP contribution >= 0.6 is 27.5 Å². The van der Waals surface area contributed by atoms with Gasteiger partial charge in [0, 0.05) is 11.0 Å². The molecule has 0 aromatic heterocycles. The Hall–Kier alpha value is -1.06. The van der Waals surface area contributed by atoms with Gasteiger partial charge in [-0.05, 0) is 58.6 Å². The second-order valence-electron chi connectivity index (χ2n) is 4.47. The molecule has 0 aliphatic rings. The van der Waals surface area contributed by atoms with Gasteiger partial charge in [-0.25, -0.2) is 4.39 Å². The maximum atomic E-state index is 13.2. The van der Waals surface area contributed by atoms with E-state index < -0.39 is 0 Å².